The van der Waals surface area contributed by atoms with Crippen LogP contribution in [0.25, 0.3) is 5.76 Å². The van der Waals surface area contributed by atoms with Crippen molar-refractivity contribution in [3.8, 4) is 0 Å². The van der Waals surface area contributed by atoms with Gasteiger partial charge in [0.2, 0.25) is 0 Å². The van der Waals surface area contributed by atoms with Gasteiger partial charge in [-0.05, 0) is 53.8 Å². The van der Waals surface area contributed by atoms with Crippen molar-refractivity contribution in [1.29, 1.82) is 0 Å². The van der Waals surface area contributed by atoms with E-state index in [0.717, 1.165) is 0 Å². The van der Waals surface area contributed by atoms with E-state index >= 15 is 0 Å². The topological polar surface area (TPSA) is 58.9 Å². The lowest BCUT2D eigenvalue weighted by molar-refractivity contribution is -0.137. The van der Waals surface area contributed by atoms with Gasteiger partial charge in [-0.3, -0.25) is 4.99 Å². The van der Waals surface area contributed by atoms with Gasteiger partial charge in [-0.1, -0.05) is 24.3 Å². The van der Waals surface area contributed by atoms with Crippen LogP contribution in [0.3, 0.4) is 0 Å². The molecule has 0 aromatic heterocycles. The largest absolute Gasteiger partial charge is 0.506 e. The van der Waals surface area contributed by atoms with Crippen molar-refractivity contribution in [2.24, 2.45) is 4.99 Å². The molecule has 4 nitrogen and oxygen atoms in total. The maximum absolute atomic E-state index is 14.2. The summed E-state index contributed by atoms with van der Waals surface area (Å²) >= 11 is 1.81. The fraction of sp³-hybridized carbons (Fsp3) is 0.111. The molecule has 0 radical (unpaired) electrons. The SMILES string of the molecule is CCOC(=O)/C(C=Nc1ccccc1)=C(/O)c1cccc(I)c1F. The summed E-state index contributed by atoms with van der Waals surface area (Å²) in [4.78, 5) is 16.3. The first-order valence-electron chi connectivity index (χ1n) is 7.18. The number of rotatable bonds is 5. The zero-order valence-corrected chi connectivity index (χ0v) is 15.0. The normalized spacial score (nSPS) is 12.1. The van der Waals surface area contributed by atoms with Crippen LogP contribution in [0.1, 0.15) is 12.5 Å². The number of nitrogens with zero attached hydrogens (tertiary/aromatic N) is 1. The molecular weight excluding hydrogens is 424 g/mol. The molecule has 0 aliphatic heterocycles. The number of hydrogen-bond acceptors (Lipinski definition) is 4. The molecule has 0 amide bonds. The molecule has 6 heteroatoms. The highest BCUT2D eigenvalue weighted by Gasteiger charge is 2.19. The molecule has 0 unspecified atom stereocenters. The number of para-hydroxylation sites is 1. The Bertz CT molecular complexity index is 788. The van der Waals surface area contributed by atoms with E-state index in [1.165, 1.54) is 12.3 Å². The van der Waals surface area contributed by atoms with E-state index in [1.54, 1.807) is 43.3 Å². The molecule has 2 aromatic carbocycles. The molecule has 0 saturated heterocycles. The molecule has 124 valence electrons. The van der Waals surface area contributed by atoms with Gasteiger partial charge >= 0.3 is 5.97 Å². The summed E-state index contributed by atoms with van der Waals surface area (Å²) in [5, 5.41) is 10.4. The van der Waals surface area contributed by atoms with Crippen LogP contribution in [-0.2, 0) is 9.53 Å². The predicted molar refractivity (Wildman–Crippen MR) is 99.9 cm³/mol. The van der Waals surface area contributed by atoms with E-state index < -0.39 is 17.5 Å². The number of benzene rings is 2. The van der Waals surface area contributed by atoms with E-state index in [2.05, 4.69) is 4.99 Å². The van der Waals surface area contributed by atoms with Crippen molar-refractivity contribution < 1.29 is 19.0 Å². The Labute approximate surface area is 152 Å². The maximum atomic E-state index is 14.2. The molecule has 0 spiro atoms. The predicted octanol–water partition coefficient (Wildman–Crippen LogP) is 4.67. The third-order valence-electron chi connectivity index (χ3n) is 3.06. The van der Waals surface area contributed by atoms with Crippen LogP contribution >= 0.6 is 22.6 Å². The second-order valence-electron chi connectivity index (χ2n) is 4.68. The highest BCUT2D eigenvalue weighted by Crippen LogP contribution is 2.23. The van der Waals surface area contributed by atoms with Crippen molar-refractivity contribution in [2.75, 3.05) is 6.61 Å². The first kappa shape index (κ1) is 18.1. The maximum Gasteiger partial charge on any atom is 0.343 e. The Morgan fingerprint density at radius 3 is 2.62 bits per heavy atom. The molecule has 2 aromatic rings. The summed E-state index contributed by atoms with van der Waals surface area (Å²) in [6.07, 6.45) is 1.18. The van der Waals surface area contributed by atoms with Crippen molar-refractivity contribution >= 4 is 46.2 Å². The van der Waals surface area contributed by atoms with E-state index in [0.29, 0.717) is 9.26 Å². The highest BCUT2D eigenvalue weighted by atomic mass is 127. The van der Waals surface area contributed by atoms with E-state index in [-0.39, 0.29) is 17.7 Å². The van der Waals surface area contributed by atoms with E-state index in [4.69, 9.17) is 4.74 Å². The molecule has 0 atom stereocenters. The quantitative estimate of drug-likeness (QED) is 0.242. The second-order valence-corrected chi connectivity index (χ2v) is 5.84. The number of aliphatic hydroxyl groups is 1. The Kier molecular flexibility index (Phi) is 6.48. The zero-order chi connectivity index (χ0) is 17.5. The molecular formula is C18H15FINO3. The summed E-state index contributed by atoms with van der Waals surface area (Å²) in [7, 11) is 0. The van der Waals surface area contributed by atoms with Gasteiger partial charge in [-0.2, -0.15) is 0 Å². The van der Waals surface area contributed by atoms with Crippen molar-refractivity contribution in [3.63, 3.8) is 0 Å². The third-order valence-corrected chi connectivity index (χ3v) is 3.89. The third kappa shape index (κ3) is 4.41. The number of hydrogen-bond donors (Lipinski definition) is 1. The van der Waals surface area contributed by atoms with Crippen LogP contribution < -0.4 is 0 Å². The minimum absolute atomic E-state index is 0.0792. The minimum Gasteiger partial charge on any atom is -0.506 e. The Morgan fingerprint density at radius 2 is 1.96 bits per heavy atom. The van der Waals surface area contributed by atoms with Gasteiger partial charge in [-0.15, -0.1) is 0 Å². The molecule has 0 aliphatic rings. The Hall–Kier alpha value is -2.22. The standard InChI is InChI=1S/C18H15FINO3/c1-2-24-18(23)14(11-21-12-7-4-3-5-8-12)17(22)13-9-6-10-15(20)16(13)19/h3-11,22H,2H2,1H3/b17-14+,21-11?. The lowest BCUT2D eigenvalue weighted by Crippen LogP contribution is -2.12. The number of esters is 1. The van der Waals surface area contributed by atoms with Crippen molar-refractivity contribution in [1.82, 2.24) is 0 Å². The Balaban J connectivity index is 2.50. The van der Waals surface area contributed by atoms with Gasteiger partial charge in [0.05, 0.1) is 17.9 Å². The zero-order valence-electron chi connectivity index (χ0n) is 12.9. The lowest BCUT2D eigenvalue weighted by atomic mass is 10.1. The van der Waals surface area contributed by atoms with Gasteiger partial charge in [0.15, 0.2) is 0 Å². The number of ether oxygens (including phenoxy) is 1. The van der Waals surface area contributed by atoms with Crippen LogP contribution in [0.15, 0.2) is 59.1 Å². The first-order chi connectivity index (χ1) is 11.5. The summed E-state index contributed by atoms with van der Waals surface area (Å²) in [5.41, 5.74) is 0.307. The second kappa shape index (κ2) is 8.58. The van der Waals surface area contributed by atoms with E-state index in [9.17, 15) is 14.3 Å². The number of carbonyl (C=O) groups is 1. The van der Waals surface area contributed by atoms with Crippen LogP contribution in [0.5, 0.6) is 0 Å². The van der Waals surface area contributed by atoms with Crippen LogP contribution in [0.2, 0.25) is 0 Å². The summed E-state index contributed by atoms with van der Waals surface area (Å²) in [6, 6.07) is 13.4. The molecule has 0 saturated carbocycles. The van der Waals surface area contributed by atoms with Crippen LogP contribution in [-0.4, -0.2) is 23.9 Å². The first-order valence-corrected chi connectivity index (χ1v) is 8.26. The van der Waals surface area contributed by atoms with Gasteiger partial charge in [-0.25, -0.2) is 9.18 Å². The monoisotopic (exact) mass is 439 g/mol. The van der Waals surface area contributed by atoms with Crippen LogP contribution in [0.4, 0.5) is 10.1 Å². The van der Waals surface area contributed by atoms with Gasteiger partial charge < -0.3 is 9.84 Å². The van der Waals surface area contributed by atoms with Crippen molar-refractivity contribution in [2.45, 2.75) is 6.92 Å². The Morgan fingerprint density at radius 1 is 1.25 bits per heavy atom. The summed E-state index contributed by atoms with van der Waals surface area (Å²) in [6.45, 7) is 1.77. The molecule has 0 fully saturated rings. The van der Waals surface area contributed by atoms with E-state index in [1.807, 2.05) is 28.7 Å². The lowest BCUT2D eigenvalue weighted by Gasteiger charge is -2.08. The van der Waals surface area contributed by atoms with Crippen molar-refractivity contribution in [3.05, 3.63) is 69.1 Å². The fourth-order valence-electron chi connectivity index (χ4n) is 1.90. The average Bonchev–Trinajstić information content (AvgIpc) is 2.58. The number of halogens is 2. The minimum atomic E-state index is -0.770. The smallest absolute Gasteiger partial charge is 0.343 e. The number of aliphatic imine (C=N–C) groups is 1. The molecule has 24 heavy (non-hydrogen) atoms. The highest BCUT2D eigenvalue weighted by molar-refractivity contribution is 14.1. The summed E-state index contributed by atoms with van der Waals surface area (Å²) < 4.78 is 19.5. The molecule has 0 heterocycles. The molecule has 2 rings (SSSR count). The van der Waals surface area contributed by atoms with Gasteiger partial charge in [0.1, 0.15) is 17.1 Å². The fourth-order valence-corrected chi connectivity index (χ4v) is 2.40. The van der Waals surface area contributed by atoms with Gasteiger partial charge in [0, 0.05) is 9.78 Å². The number of carbonyl (C=O) groups excluding carboxylic acids is 1. The molecule has 0 bridgehead atoms. The van der Waals surface area contributed by atoms with Gasteiger partial charge in [0.25, 0.3) is 0 Å². The summed E-state index contributed by atoms with van der Waals surface area (Å²) in [5.74, 6) is -1.89. The average molecular weight is 439 g/mol. The molecule has 0 aliphatic carbocycles. The molecule has 1 N–H and O–H groups in total. The number of aliphatic hydroxyl groups excluding tert-OH is 1. The van der Waals surface area contributed by atoms with Crippen LogP contribution in [0, 0.1) is 9.39 Å².